The zero-order chi connectivity index (χ0) is 23.3. The van der Waals surface area contributed by atoms with Gasteiger partial charge < -0.3 is 19.1 Å². The van der Waals surface area contributed by atoms with E-state index in [1.54, 1.807) is 6.21 Å². The summed E-state index contributed by atoms with van der Waals surface area (Å²) in [7, 11) is 1.50. The number of aromatic nitrogens is 4. The molecular weight excluding hydrogens is 416 g/mol. The van der Waals surface area contributed by atoms with Gasteiger partial charge in [-0.05, 0) is 50.6 Å². The van der Waals surface area contributed by atoms with Gasteiger partial charge in [-0.1, -0.05) is 0 Å². The first-order chi connectivity index (χ1) is 15.3. The van der Waals surface area contributed by atoms with E-state index in [2.05, 4.69) is 20.5 Å². The number of aromatic amines is 1. The lowest BCUT2D eigenvalue weighted by Gasteiger charge is -2.15. The summed E-state index contributed by atoms with van der Waals surface area (Å²) in [6, 6.07) is 7.36. The minimum absolute atomic E-state index is 0.0193. The maximum atomic E-state index is 12.5. The molecule has 0 spiro atoms. The van der Waals surface area contributed by atoms with Gasteiger partial charge in [-0.25, -0.2) is 10.2 Å². The quantitative estimate of drug-likeness (QED) is 0.314. The second-order valence-corrected chi connectivity index (χ2v) is 7.44. The average Bonchev–Trinajstić information content (AvgIpc) is 3.11. The number of hydrazone groups is 1. The number of hydrogen-bond acceptors (Lipinski definition) is 8. The fourth-order valence-corrected chi connectivity index (χ4v) is 3.05. The predicted octanol–water partition coefficient (Wildman–Crippen LogP) is 1.05. The molecule has 2 aromatic heterocycles. The summed E-state index contributed by atoms with van der Waals surface area (Å²) in [5.41, 5.74) is 2.76. The van der Waals surface area contributed by atoms with Gasteiger partial charge in [0, 0.05) is 7.05 Å². The Labute approximate surface area is 184 Å². The Balaban J connectivity index is 1.90. The van der Waals surface area contributed by atoms with Crippen molar-refractivity contribution in [2.24, 2.45) is 12.1 Å². The standard InChI is InChI=1S/C21H28N6O5/c1-5-31-16-8-6-14(7-9-16)10-22-25-20-23-18-17(19(29)24-21(30)26(18)4)27(20)11-15(28)12-32-13(2)3/h6-10,13,15,28H,5,11-12H2,1-4H3,(H,23,25)(H,24,29,30). The number of rotatable bonds is 10. The van der Waals surface area contributed by atoms with Crippen molar-refractivity contribution in [1.29, 1.82) is 0 Å². The van der Waals surface area contributed by atoms with Crippen LogP contribution >= 0.6 is 0 Å². The SMILES string of the molecule is CCOc1ccc(C=NNc2nc3c(c(=O)[nH]c(=O)n3C)n2CC(O)COC(C)C)cc1. The predicted molar refractivity (Wildman–Crippen MR) is 122 cm³/mol. The molecule has 0 aliphatic rings. The maximum Gasteiger partial charge on any atom is 0.329 e. The van der Waals surface area contributed by atoms with Crippen molar-refractivity contribution < 1.29 is 14.6 Å². The number of imidazole rings is 1. The molecule has 11 heteroatoms. The third-order valence-electron chi connectivity index (χ3n) is 4.59. The van der Waals surface area contributed by atoms with Crippen LogP contribution in [0.1, 0.15) is 26.3 Å². The largest absolute Gasteiger partial charge is 0.494 e. The number of anilines is 1. The minimum atomic E-state index is -0.901. The third kappa shape index (κ3) is 5.42. The number of fused-ring (bicyclic) bond motifs is 1. The molecule has 0 bridgehead atoms. The van der Waals surface area contributed by atoms with E-state index >= 15 is 0 Å². The number of hydrogen-bond donors (Lipinski definition) is 3. The topological polar surface area (TPSA) is 136 Å². The van der Waals surface area contributed by atoms with Crippen LogP contribution in [0.2, 0.25) is 0 Å². The Morgan fingerprint density at radius 2 is 2.00 bits per heavy atom. The first-order valence-corrected chi connectivity index (χ1v) is 10.3. The summed E-state index contributed by atoms with van der Waals surface area (Å²) in [4.78, 5) is 31.1. The molecule has 0 fully saturated rings. The first kappa shape index (κ1) is 23.2. The molecule has 0 radical (unpaired) electrons. The minimum Gasteiger partial charge on any atom is -0.494 e. The van der Waals surface area contributed by atoms with E-state index in [4.69, 9.17) is 9.47 Å². The van der Waals surface area contributed by atoms with E-state index in [1.807, 2.05) is 45.0 Å². The summed E-state index contributed by atoms with van der Waals surface area (Å²) < 4.78 is 13.6. The van der Waals surface area contributed by atoms with Crippen LogP contribution < -0.4 is 21.4 Å². The highest BCUT2D eigenvalue weighted by atomic mass is 16.5. The van der Waals surface area contributed by atoms with Gasteiger partial charge in [-0.3, -0.25) is 14.3 Å². The first-order valence-electron chi connectivity index (χ1n) is 10.3. The molecule has 3 N–H and O–H groups in total. The van der Waals surface area contributed by atoms with E-state index in [9.17, 15) is 14.7 Å². The van der Waals surface area contributed by atoms with Crippen LogP contribution in [0.3, 0.4) is 0 Å². The lowest BCUT2D eigenvalue weighted by Crippen LogP contribution is -2.30. The normalized spacial score (nSPS) is 12.7. The fourth-order valence-electron chi connectivity index (χ4n) is 3.05. The number of H-pyrrole nitrogens is 1. The Hall–Kier alpha value is -3.44. The zero-order valence-corrected chi connectivity index (χ0v) is 18.5. The average molecular weight is 444 g/mol. The van der Waals surface area contributed by atoms with Gasteiger partial charge in [0.15, 0.2) is 11.2 Å². The summed E-state index contributed by atoms with van der Waals surface area (Å²) in [6.45, 7) is 6.32. The van der Waals surface area contributed by atoms with Crippen LogP contribution in [0, 0.1) is 0 Å². The van der Waals surface area contributed by atoms with E-state index < -0.39 is 17.4 Å². The number of aryl methyl sites for hydroxylation is 1. The van der Waals surface area contributed by atoms with Crippen LogP contribution in [0.5, 0.6) is 5.75 Å². The summed E-state index contributed by atoms with van der Waals surface area (Å²) in [5.74, 6) is 0.967. The van der Waals surface area contributed by atoms with E-state index in [-0.39, 0.29) is 36.4 Å². The summed E-state index contributed by atoms with van der Waals surface area (Å²) >= 11 is 0. The van der Waals surface area contributed by atoms with Gasteiger partial charge in [-0.15, -0.1) is 0 Å². The van der Waals surface area contributed by atoms with Crippen LogP contribution in [-0.2, 0) is 18.3 Å². The molecule has 3 rings (SSSR count). The molecule has 1 atom stereocenters. The number of aliphatic hydroxyl groups is 1. The van der Waals surface area contributed by atoms with E-state index in [0.717, 1.165) is 11.3 Å². The van der Waals surface area contributed by atoms with E-state index in [0.29, 0.717) is 6.61 Å². The molecule has 0 aliphatic carbocycles. The van der Waals surface area contributed by atoms with Crippen molar-refractivity contribution in [3.8, 4) is 5.75 Å². The Bertz CT molecular complexity index is 1190. The van der Waals surface area contributed by atoms with Crippen molar-refractivity contribution in [2.45, 2.75) is 39.5 Å². The smallest absolute Gasteiger partial charge is 0.329 e. The Kier molecular flexibility index (Phi) is 7.44. The molecule has 1 aromatic carbocycles. The van der Waals surface area contributed by atoms with Gasteiger partial charge in [-0.2, -0.15) is 10.1 Å². The van der Waals surface area contributed by atoms with Crippen molar-refractivity contribution in [1.82, 2.24) is 19.1 Å². The highest BCUT2D eigenvalue weighted by Crippen LogP contribution is 2.17. The number of nitrogens with one attached hydrogen (secondary N) is 2. The monoisotopic (exact) mass is 444 g/mol. The highest BCUT2D eigenvalue weighted by molar-refractivity contribution is 5.80. The molecule has 0 saturated heterocycles. The van der Waals surface area contributed by atoms with Crippen LogP contribution in [0.4, 0.5) is 5.95 Å². The summed E-state index contributed by atoms with van der Waals surface area (Å²) in [5, 5.41) is 14.6. The highest BCUT2D eigenvalue weighted by Gasteiger charge is 2.19. The number of nitrogens with zero attached hydrogens (tertiary/aromatic N) is 4. The summed E-state index contributed by atoms with van der Waals surface area (Å²) in [6.07, 6.45) is 0.632. The Morgan fingerprint density at radius 1 is 1.28 bits per heavy atom. The molecule has 3 aromatic rings. The van der Waals surface area contributed by atoms with Crippen LogP contribution in [0.25, 0.3) is 11.2 Å². The Morgan fingerprint density at radius 3 is 2.66 bits per heavy atom. The van der Waals surface area contributed by atoms with Gasteiger partial charge in [0.05, 0.1) is 38.2 Å². The van der Waals surface area contributed by atoms with Crippen LogP contribution in [0.15, 0.2) is 39.0 Å². The van der Waals surface area contributed by atoms with Gasteiger partial charge >= 0.3 is 5.69 Å². The van der Waals surface area contributed by atoms with Crippen molar-refractivity contribution in [3.05, 3.63) is 50.7 Å². The number of aliphatic hydroxyl groups excluding tert-OH is 1. The second kappa shape index (κ2) is 10.2. The van der Waals surface area contributed by atoms with Gasteiger partial charge in [0.1, 0.15) is 5.75 Å². The third-order valence-corrected chi connectivity index (χ3v) is 4.59. The van der Waals surface area contributed by atoms with Gasteiger partial charge in [0.25, 0.3) is 5.56 Å². The zero-order valence-electron chi connectivity index (χ0n) is 18.5. The maximum absolute atomic E-state index is 12.5. The molecule has 0 saturated carbocycles. The van der Waals surface area contributed by atoms with Crippen molar-refractivity contribution >= 4 is 23.3 Å². The fraction of sp³-hybridized carbons (Fsp3) is 0.429. The lowest BCUT2D eigenvalue weighted by atomic mass is 10.2. The van der Waals surface area contributed by atoms with Crippen molar-refractivity contribution in [3.63, 3.8) is 0 Å². The van der Waals surface area contributed by atoms with E-state index in [1.165, 1.54) is 16.2 Å². The molecular formula is C21H28N6O5. The molecule has 172 valence electrons. The van der Waals surface area contributed by atoms with Gasteiger partial charge in [0.2, 0.25) is 5.95 Å². The molecule has 0 aliphatic heterocycles. The second-order valence-electron chi connectivity index (χ2n) is 7.44. The number of ether oxygens (including phenoxy) is 2. The molecule has 0 amide bonds. The molecule has 11 nitrogen and oxygen atoms in total. The number of benzene rings is 1. The van der Waals surface area contributed by atoms with Crippen molar-refractivity contribution in [2.75, 3.05) is 18.6 Å². The molecule has 1 unspecified atom stereocenters. The molecule has 32 heavy (non-hydrogen) atoms. The van der Waals surface area contributed by atoms with Crippen LogP contribution in [-0.4, -0.2) is 55.8 Å². The lowest BCUT2D eigenvalue weighted by molar-refractivity contribution is -0.000105. The molecule has 2 heterocycles.